The molecule has 0 spiro atoms. The van der Waals surface area contributed by atoms with Gasteiger partial charge in [-0.15, -0.1) is 0 Å². The fourth-order valence-electron chi connectivity index (χ4n) is 1.47. The van der Waals surface area contributed by atoms with Crippen LogP contribution in [0.1, 0.15) is 12.5 Å². The third kappa shape index (κ3) is 3.44. The molecular weight excluding hydrogens is 220 g/mol. The fraction of sp³-hybridized carbons (Fsp3) is 0.417. The number of benzene rings is 1. The lowest BCUT2D eigenvalue weighted by Gasteiger charge is -2.12. The zero-order valence-electron chi connectivity index (χ0n) is 10.1. The molecule has 94 valence electrons. The van der Waals surface area contributed by atoms with E-state index in [1.54, 1.807) is 19.2 Å². The van der Waals surface area contributed by atoms with Gasteiger partial charge in [-0.1, -0.05) is 6.92 Å². The van der Waals surface area contributed by atoms with E-state index in [1.807, 2.05) is 13.0 Å². The van der Waals surface area contributed by atoms with Gasteiger partial charge >= 0.3 is 0 Å². The van der Waals surface area contributed by atoms with Crippen LogP contribution in [0.3, 0.4) is 0 Å². The van der Waals surface area contributed by atoms with E-state index in [9.17, 15) is 9.90 Å². The van der Waals surface area contributed by atoms with Crippen LogP contribution in [0.2, 0.25) is 0 Å². The topological polar surface area (TPSA) is 84.6 Å². The van der Waals surface area contributed by atoms with Crippen molar-refractivity contribution in [1.82, 2.24) is 0 Å². The van der Waals surface area contributed by atoms with Crippen molar-refractivity contribution in [2.24, 2.45) is 5.73 Å². The number of methoxy groups -OCH3 is 1. The lowest BCUT2D eigenvalue weighted by Crippen LogP contribution is -2.34. The number of ether oxygens (including phenoxy) is 1. The van der Waals surface area contributed by atoms with Crippen molar-refractivity contribution in [1.29, 1.82) is 0 Å². The van der Waals surface area contributed by atoms with Gasteiger partial charge in [-0.3, -0.25) is 4.79 Å². The number of rotatable bonds is 5. The molecule has 0 aliphatic heterocycles. The van der Waals surface area contributed by atoms with Gasteiger partial charge in [0.05, 0.1) is 7.11 Å². The predicted molar refractivity (Wildman–Crippen MR) is 66.1 cm³/mol. The van der Waals surface area contributed by atoms with Crippen LogP contribution in [-0.2, 0) is 11.2 Å². The zero-order chi connectivity index (χ0) is 12.8. The lowest BCUT2D eigenvalue weighted by molar-refractivity contribution is -0.123. The highest BCUT2D eigenvalue weighted by Crippen LogP contribution is 2.23. The molecule has 1 unspecified atom stereocenters. The molecule has 0 radical (unpaired) electrons. The number of anilines is 1. The highest BCUT2D eigenvalue weighted by atomic mass is 16.5. The van der Waals surface area contributed by atoms with Crippen molar-refractivity contribution >= 4 is 11.6 Å². The smallest absolute Gasteiger partial charge is 0.254 e. The number of aliphatic hydroxyl groups excluding tert-OH is 1. The normalized spacial score (nSPS) is 12.0. The van der Waals surface area contributed by atoms with Crippen molar-refractivity contribution in [2.75, 3.05) is 19.0 Å². The first kappa shape index (κ1) is 13.5. The van der Waals surface area contributed by atoms with Crippen LogP contribution in [-0.4, -0.2) is 30.8 Å². The molecule has 0 saturated heterocycles. The molecule has 0 aliphatic rings. The Labute approximate surface area is 101 Å². The molecule has 1 amide bonds. The van der Waals surface area contributed by atoms with E-state index in [0.29, 0.717) is 5.69 Å². The van der Waals surface area contributed by atoms with Crippen LogP contribution >= 0.6 is 0 Å². The molecule has 5 heteroatoms. The van der Waals surface area contributed by atoms with Gasteiger partial charge in [0.25, 0.3) is 5.91 Å². The van der Waals surface area contributed by atoms with E-state index in [2.05, 4.69) is 5.32 Å². The maximum absolute atomic E-state index is 11.4. The molecular formula is C12H18N2O3. The van der Waals surface area contributed by atoms with E-state index in [1.165, 1.54) is 0 Å². The first-order valence-electron chi connectivity index (χ1n) is 5.48. The lowest BCUT2D eigenvalue weighted by atomic mass is 10.1. The standard InChI is InChI=1S/C12H18N2O3/c1-3-8-6-9(4-5-11(8)17-2)14-12(16)10(15)7-13/h4-6,10,15H,3,7,13H2,1-2H3,(H,14,16). The molecule has 0 saturated carbocycles. The summed E-state index contributed by atoms with van der Waals surface area (Å²) in [6.45, 7) is 1.90. The van der Waals surface area contributed by atoms with Gasteiger partial charge in [-0.2, -0.15) is 0 Å². The minimum atomic E-state index is -1.18. The molecule has 0 bridgehead atoms. The van der Waals surface area contributed by atoms with Crippen LogP contribution in [0.15, 0.2) is 18.2 Å². The van der Waals surface area contributed by atoms with Gasteiger partial charge in [-0.25, -0.2) is 0 Å². The summed E-state index contributed by atoms with van der Waals surface area (Å²) in [5.74, 6) is 0.282. The molecule has 1 aromatic carbocycles. The number of aryl methyl sites for hydroxylation is 1. The fourth-order valence-corrected chi connectivity index (χ4v) is 1.47. The number of carbonyl (C=O) groups is 1. The first-order valence-corrected chi connectivity index (χ1v) is 5.48. The Balaban J connectivity index is 2.82. The molecule has 0 aromatic heterocycles. The van der Waals surface area contributed by atoms with Crippen LogP contribution in [0.4, 0.5) is 5.69 Å². The van der Waals surface area contributed by atoms with Crippen LogP contribution in [0.5, 0.6) is 5.75 Å². The number of carbonyl (C=O) groups excluding carboxylic acids is 1. The Hall–Kier alpha value is -1.59. The van der Waals surface area contributed by atoms with E-state index < -0.39 is 12.0 Å². The summed E-state index contributed by atoms with van der Waals surface area (Å²) in [5, 5.41) is 11.8. The number of hydrogen-bond donors (Lipinski definition) is 3. The Morgan fingerprint density at radius 3 is 2.82 bits per heavy atom. The number of nitrogens with two attached hydrogens (primary N) is 1. The Kier molecular flexibility index (Phi) is 4.93. The summed E-state index contributed by atoms with van der Waals surface area (Å²) in [7, 11) is 1.60. The van der Waals surface area contributed by atoms with E-state index in [0.717, 1.165) is 17.7 Å². The molecule has 0 heterocycles. The van der Waals surface area contributed by atoms with Crippen LogP contribution in [0.25, 0.3) is 0 Å². The number of nitrogens with one attached hydrogen (secondary N) is 1. The van der Waals surface area contributed by atoms with Crippen molar-refractivity contribution in [3.8, 4) is 5.75 Å². The SMILES string of the molecule is CCc1cc(NC(=O)C(O)CN)ccc1OC. The summed E-state index contributed by atoms with van der Waals surface area (Å²) in [4.78, 5) is 11.4. The second-order valence-electron chi connectivity index (χ2n) is 3.62. The molecule has 17 heavy (non-hydrogen) atoms. The van der Waals surface area contributed by atoms with Crippen molar-refractivity contribution in [2.45, 2.75) is 19.4 Å². The van der Waals surface area contributed by atoms with Crippen LogP contribution < -0.4 is 15.8 Å². The maximum atomic E-state index is 11.4. The maximum Gasteiger partial charge on any atom is 0.254 e. The first-order chi connectivity index (χ1) is 8.12. The second kappa shape index (κ2) is 6.22. The molecule has 5 nitrogen and oxygen atoms in total. The quantitative estimate of drug-likeness (QED) is 0.698. The molecule has 1 atom stereocenters. The minimum Gasteiger partial charge on any atom is -0.496 e. The van der Waals surface area contributed by atoms with Gasteiger partial charge in [0.15, 0.2) is 0 Å². The zero-order valence-corrected chi connectivity index (χ0v) is 10.1. The second-order valence-corrected chi connectivity index (χ2v) is 3.62. The van der Waals surface area contributed by atoms with Gasteiger partial charge in [-0.05, 0) is 30.2 Å². The molecule has 4 N–H and O–H groups in total. The largest absolute Gasteiger partial charge is 0.496 e. The van der Waals surface area contributed by atoms with Gasteiger partial charge < -0.3 is 20.9 Å². The third-order valence-electron chi connectivity index (χ3n) is 2.45. The Morgan fingerprint density at radius 1 is 1.59 bits per heavy atom. The molecule has 1 aromatic rings. The average molecular weight is 238 g/mol. The summed E-state index contributed by atoms with van der Waals surface area (Å²) < 4.78 is 5.18. The number of amides is 1. The van der Waals surface area contributed by atoms with Crippen molar-refractivity contribution in [3.05, 3.63) is 23.8 Å². The predicted octanol–water partition coefficient (Wildman–Crippen LogP) is 0.516. The molecule has 0 fully saturated rings. The highest BCUT2D eigenvalue weighted by Gasteiger charge is 2.13. The third-order valence-corrected chi connectivity index (χ3v) is 2.45. The highest BCUT2D eigenvalue weighted by molar-refractivity contribution is 5.94. The Bertz CT molecular complexity index is 393. The molecule has 1 rings (SSSR count). The van der Waals surface area contributed by atoms with E-state index in [4.69, 9.17) is 10.5 Å². The van der Waals surface area contributed by atoms with E-state index in [-0.39, 0.29) is 6.54 Å². The Morgan fingerprint density at radius 2 is 2.29 bits per heavy atom. The number of hydrogen-bond acceptors (Lipinski definition) is 4. The van der Waals surface area contributed by atoms with E-state index >= 15 is 0 Å². The average Bonchev–Trinajstić information content (AvgIpc) is 2.37. The summed E-state index contributed by atoms with van der Waals surface area (Å²) in [6.07, 6.45) is -0.381. The number of aliphatic hydroxyl groups is 1. The summed E-state index contributed by atoms with van der Waals surface area (Å²) in [5.41, 5.74) is 6.82. The van der Waals surface area contributed by atoms with Crippen molar-refractivity contribution in [3.63, 3.8) is 0 Å². The van der Waals surface area contributed by atoms with Gasteiger partial charge in [0, 0.05) is 12.2 Å². The summed E-state index contributed by atoms with van der Waals surface area (Å²) in [6, 6.07) is 5.32. The molecule has 0 aliphatic carbocycles. The monoisotopic (exact) mass is 238 g/mol. The van der Waals surface area contributed by atoms with Gasteiger partial charge in [0.1, 0.15) is 11.9 Å². The van der Waals surface area contributed by atoms with Crippen molar-refractivity contribution < 1.29 is 14.6 Å². The minimum absolute atomic E-state index is 0.0946. The van der Waals surface area contributed by atoms with Gasteiger partial charge in [0.2, 0.25) is 0 Å². The van der Waals surface area contributed by atoms with Crippen LogP contribution in [0, 0.1) is 0 Å². The summed E-state index contributed by atoms with van der Waals surface area (Å²) >= 11 is 0.